The lowest BCUT2D eigenvalue weighted by Gasteiger charge is -2.08. The molecule has 2 rings (SSSR count). The van der Waals surface area contributed by atoms with E-state index in [4.69, 9.17) is 5.11 Å². The van der Waals surface area contributed by atoms with Crippen LogP contribution >= 0.6 is 0 Å². The Hall–Kier alpha value is -2.76. The van der Waals surface area contributed by atoms with E-state index in [1.54, 1.807) is 6.92 Å². The number of carbonyl (C=O) groups excluding carboxylic acids is 1. The van der Waals surface area contributed by atoms with Crippen LogP contribution in [0.1, 0.15) is 26.4 Å². The number of carbonyl (C=O) groups is 2. The monoisotopic (exact) mass is 274 g/mol. The molecule has 0 bridgehead atoms. The van der Waals surface area contributed by atoms with Crippen molar-refractivity contribution in [2.75, 3.05) is 5.32 Å². The molecule has 0 saturated heterocycles. The molecule has 0 atom stereocenters. The van der Waals surface area contributed by atoms with Gasteiger partial charge in [-0.15, -0.1) is 0 Å². The molecular weight excluding hydrogens is 263 g/mol. The summed E-state index contributed by atoms with van der Waals surface area (Å²) in [7, 11) is 0. The second-order valence-electron chi connectivity index (χ2n) is 4.15. The van der Waals surface area contributed by atoms with Gasteiger partial charge in [-0.05, 0) is 42.8 Å². The van der Waals surface area contributed by atoms with E-state index in [0.717, 1.165) is 6.20 Å². The first kappa shape index (κ1) is 13.7. The van der Waals surface area contributed by atoms with Gasteiger partial charge < -0.3 is 10.4 Å². The molecule has 1 aromatic carbocycles. The number of carboxylic acid groups (broad SMARTS) is 1. The van der Waals surface area contributed by atoms with Crippen molar-refractivity contribution in [2.24, 2.45) is 0 Å². The van der Waals surface area contributed by atoms with E-state index < -0.39 is 11.9 Å². The Balaban J connectivity index is 2.17. The second kappa shape index (κ2) is 5.48. The summed E-state index contributed by atoms with van der Waals surface area (Å²) in [6.45, 7) is 1.67. The van der Waals surface area contributed by atoms with Crippen LogP contribution in [-0.2, 0) is 0 Å². The van der Waals surface area contributed by atoms with E-state index in [-0.39, 0.29) is 17.1 Å². The molecule has 0 saturated carbocycles. The van der Waals surface area contributed by atoms with Crippen molar-refractivity contribution < 1.29 is 19.1 Å². The van der Waals surface area contributed by atoms with Crippen molar-refractivity contribution in [3.8, 4) is 0 Å². The molecule has 0 spiro atoms. The third-order valence-electron chi connectivity index (χ3n) is 2.68. The summed E-state index contributed by atoms with van der Waals surface area (Å²) in [6, 6.07) is 6.60. The highest BCUT2D eigenvalue weighted by atomic mass is 19.1. The summed E-state index contributed by atoms with van der Waals surface area (Å²) >= 11 is 0. The number of hydrogen-bond donors (Lipinski definition) is 2. The Kier molecular flexibility index (Phi) is 3.74. The van der Waals surface area contributed by atoms with Crippen molar-refractivity contribution >= 4 is 17.6 Å². The molecule has 2 N–H and O–H groups in total. The summed E-state index contributed by atoms with van der Waals surface area (Å²) < 4.78 is 12.9. The summed E-state index contributed by atoms with van der Waals surface area (Å²) in [5, 5.41) is 11.3. The van der Waals surface area contributed by atoms with E-state index in [9.17, 15) is 14.0 Å². The van der Waals surface area contributed by atoms with Gasteiger partial charge in [0.05, 0.1) is 5.56 Å². The molecule has 5 nitrogen and oxygen atoms in total. The zero-order valence-electron chi connectivity index (χ0n) is 10.6. The van der Waals surface area contributed by atoms with Gasteiger partial charge in [0.15, 0.2) is 0 Å². The number of pyridine rings is 1. The number of aryl methyl sites for hydroxylation is 1. The van der Waals surface area contributed by atoms with Crippen molar-refractivity contribution in [2.45, 2.75) is 6.92 Å². The van der Waals surface area contributed by atoms with Crippen LogP contribution in [0.2, 0.25) is 0 Å². The van der Waals surface area contributed by atoms with Crippen LogP contribution < -0.4 is 5.32 Å². The zero-order valence-corrected chi connectivity index (χ0v) is 10.6. The molecule has 102 valence electrons. The van der Waals surface area contributed by atoms with Gasteiger partial charge >= 0.3 is 5.97 Å². The average Bonchev–Trinajstić information content (AvgIpc) is 2.42. The van der Waals surface area contributed by atoms with E-state index in [2.05, 4.69) is 10.3 Å². The Morgan fingerprint density at radius 3 is 2.55 bits per heavy atom. The lowest BCUT2D eigenvalue weighted by Crippen LogP contribution is -2.15. The number of benzene rings is 1. The Morgan fingerprint density at radius 2 is 2.00 bits per heavy atom. The Labute approximate surface area is 114 Å². The van der Waals surface area contributed by atoms with E-state index >= 15 is 0 Å². The fourth-order valence-corrected chi connectivity index (χ4v) is 1.61. The molecule has 0 aliphatic rings. The number of aromatic carboxylic acids is 1. The van der Waals surface area contributed by atoms with Gasteiger partial charge in [0.1, 0.15) is 11.5 Å². The first-order chi connectivity index (χ1) is 9.47. The largest absolute Gasteiger partial charge is 0.478 e. The van der Waals surface area contributed by atoms with Crippen molar-refractivity contribution in [1.29, 1.82) is 0 Å². The third kappa shape index (κ3) is 2.97. The summed E-state index contributed by atoms with van der Waals surface area (Å²) in [5.74, 6) is -1.99. The Bertz CT molecular complexity index is 669. The standard InChI is InChI=1S/C14H11FN2O3/c1-8-6-10(15)3-5-11(8)17-13(18)12-4-2-9(7-16-12)14(19)20/h2-7H,1H3,(H,17,18)(H,19,20). The maximum atomic E-state index is 12.9. The Morgan fingerprint density at radius 1 is 1.25 bits per heavy atom. The van der Waals surface area contributed by atoms with Crippen molar-refractivity contribution in [3.63, 3.8) is 0 Å². The third-order valence-corrected chi connectivity index (χ3v) is 2.68. The molecule has 2 aromatic rings. The number of nitrogens with zero attached hydrogens (tertiary/aromatic N) is 1. The molecule has 1 heterocycles. The molecular formula is C14H11FN2O3. The summed E-state index contributed by atoms with van der Waals surface area (Å²) in [6.07, 6.45) is 1.11. The fourth-order valence-electron chi connectivity index (χ4n) is 1.61. The molecule has 6 heteroatoms. The minimum absolute atomic E-state index is 0.000451. The van der Waals surface area contributed by atoms with E-state index in [1.165, 1.54) is 30.3 Å². The van der Waals surface area contributed by atoms with Crippen LogP contribution in [0.4, 0.5) is 10.1 Å². The van der Waals surface area contributed by atoms with Gasteiger partial charge in [-0.3, -0.25) is 9.78 Å². The number of carboxylic acids is 1. The minimum Gasteiger partial charge on any atom is -0.478 e. The van der Waals surface area contributed by atoms with Gasteiger partial charge in [0, 0.05) is 11.9 Å². The summed E-state index contributed by atoms with van der Waals surface area (Å²) in [4.78, 5) is 26.4. The molecule has 0 radical (unpaired) electrons. The number of halogens is 1. The predicted molar refractivity (Wildman–Crippen MR) is 70.3 cm³/mol. The van der Waals surface area contributed by atoms with Crippen LogP contribution in [-0.4, -0.2) is 22.0 Å². The molecule has 20 heavy (non-hydrogen) atoms. The maximum Gasteiger partial charge on any atom is 0.337 e. The zero-order chi connectivity index (χ0) is 14.7. The first-order valence-corrected chi connectivity index (χ1v) is 5.74. The average molecular weight is 274 g/mol. The normalized spacial score (nSPS) is 10.1. The van der Waals surface area contributed by atoms with Crippen LogP contribution in [0, 0.1) is 12.7 Å². The van der Waals surface area contributed by atoms with Gasteiger partial charge in [0.2, 0.25) is 0 Å². The number of rotatable bonds is 3. The highest BCUT2D eigenvalue weighted by Gasteiger charge is 2.11. The molecule has 0 aliphatic heterocycles. The predicted octanol–water partition coefficient (Wildman–Crippen LogP) is 2.48. The minimum atomic E-state index is -1.11. The van der Waals surface area contributed by atoms with Crippen molar-refractivity contribution in [3.05, 3.63) is 59.2 Å². The van der Waals surface area contributed by atoms with Gasteiger partial charge in [-0.25, -0.2) is 9.18 Å². The fraction of sp³-hybridized carbons (Fsp3) is 0.0714. The number of aromatic nitrogens is 1. The SMILES string of the molecule is Cc1cc(F)ccc1NC(=O)c1ccc(C(=O)O)cn1. The van der Waals surface area contributed by atoms with Gasteiger partial charge in [-0.1, -0.05) is 0 Å². The molecule has 0 aliphatic carbocycles. The second-order valence-corrected chi connectivity index (χ2v) is 4.15. The van der Waals surface area contributed by atoms with Crippen LogP contribution in [0.5, 0.6) is 0 Å². The summed E-state index contributed by atoms with van der Waals surface area (Å²) in [5.41, 5.74) is 1.14. The quantitative estimate of drug-likeness (QED) is 0.901. The number of amides is 1. The first-order valence-electron chi connectivity index (χ1n) is 5.74. The smallest absolute Gasteiger partial charge is 0.337 e. The molecule has 1 aromatic heterocycles. The van der Waals surface area contributed by atoms with Crippen LogP contribution in [0.15, 0.2) is 36.5 Å². The molecule has 0 unspecified atom stereocenters. The lowest BCUT2D eigenvalue weighted by atomic mass is 10.2. The maximum absolute atomic E-state index is 12.9. The highest BCUT2D eigenvalue weighted by molar-refractivity contribution is 6.03. The number of nitrogens with one attached hydrogen (secondary N) is 1. The number of anilines is 1. The van der Waals surface area contributed by atoms with Crippen LogP contribution in [0.3, 0.4) is 0 Å². The van der Waals surface area contributed by atoms with Crippen molar-refractivity contribution in [1.82, 2.24) is 4.98 Å². The molecule has 1 amide bonds. The lowest BCUT2D eigenvalue weighted by molar-refractivity contribution is 0.0696. The molecule has 0 fully saturated rings. The van der Waals surface area contributed by atoms with Crippen LogP contribution in [0.25, 0.3) is 0 Å². The van der Waals surface area contributed by atoms with Gasteiger partial charge in [-0.2, -0.15) is 0 Å². The topological polar surface area (TPSA) is 79.3 Å². The van der Waals surface area contributed by atoms with Gasteiger partial charge in [0.25, 0.3) is 5.91 Å². The van der Waals surface area contributed by atoms with E-state index in [1.807, 2.05) is 0 Å². The highest BCUT2D eigenvalue weighted by Crippen LogP contribution is 2.16. The number of hydrogen-bond acceptors (Lipinski definition) is 3. The van der Waals surface area contributed by atoms with E-state index in [0.29, 0.717) is 11.3 Å².